The van der Waals surface area contributed by atoms with Gasteiger partial charge in [-0.05, 0) is 36.6 Å². The molecule has 1 atom stereocenters. The molecule has 1 aromatic carbocycles. The standard InChI is InChI=1S/C17H17N5O3S/c1-9-10(2-3-11-13(18)5-7-26(24,25)15(9)11)17(23)21-14-4-6-19-16-12(14)8-20-22-16/h2-4,6,8,13H,5,7,18H2,1H3,(H2,19,20,21,22,23)/t13-/m1/s1. The van der Waals surface area contributed by atoms with Crippen molar-refractivity contribution in [3.63, 3.8) is 0 Å². The predicted molar refractivity (Wildman–Crippen MR) is 96.6 cm³/mol. The Morgan fingerprint density at radius 1 is 1.35 bits per heavy atom. The number of aromatic amines is 1. The topological polar surface area (TPSA) is 131 Å². The van der Waals surface area contributed by atoms with Gasteiger partial charge in [-0.2, -0.15) is 5.10 Å². The number of amides is 1. The second-order valence-electron chi connectivity index (χ2n) is 6.32. The molecular formula is C17H17N5O3S. The fraction of sp³-hybridized carbons (Fsp3) is 0.235. The molecule has 26 heavy (non-hydrogen) atoms. The number of aromatic nitrogens is 3. The van der Waals surface area contributed by atoms with Gasteiger partial charge < -0.3 is 11.1 Å². The van der Waals surface area contributed by atoms with Crippen LogP contribution >= 0.6 is 0 Å². The largest absolute Gasteiger partial charge is 0.324 e. The monoisotopic (exact) mass is 371 g/mol. The molecular weight excluding hydrogens is 354 g/mol. The molecule has 8 nitrogen and oxygen atoms in total. The number of H-pyrrole nitrogens is 1. The Kier molecular flexibility index (Phi) is 3.78. The Morgan fingerprint density at radius 2 is 2.15 bits per heavy atom. The fourth-order valence-electron chi connectivity index (χ4n) is 3.35. The molecule has 3 aromatic rings. The number of anilines is 1. The fourth-order valence-corrected chi connectivity index (χ4v) is 5.28. The molecule has 1 aliphatic rings. The zero-order valence-corrected chi connectivity index (χ0v) is 14.8. The first kappa shape index (κ1) is 16.7. The summed E-state index contributed by atoms with van der Waals surface area (Å²) >= 11 is 0. The van der Waals surface area contributed by atoms with Crippen molar-refractivity contribution >= 4 is 32.5 Å². The molecule has 0 saturated heterocycles. The molecule has 0 bridgehead atoms. The zero-order chi connectivity index (χ0) is 18.5. The minimum absolute atomic E-state index is 0.00687. The second-order valence-corrected chi connectivity index (χ2v) is 8.36. The van der Waals surface area contributed by atoms with Crippen LogP contribution in [0.25, 0.3) is 11.0 Å². The number of sulfone groups is 1. The van der Waals surface area contributed by atoms with Crippen molar-refractivity contribution in [2.24, 2.45) is 5.73 Å². The normalized spacial score (nSPS) is 18.5. The van der Waals surface area contributed by atoms with Gasteiger partial charge in [0.2, 0.25) is 0 Å². The van der Waals surface area contributed by atoms with Crippen LogP contribution in [0.15, 0.2) is 35.5 Å². The summed E-state index contributed by atoms with van der Waals surface area (Å²) in [4.78, 5) is 17.1. The van der Waals surface area contributed by atoms with E-state index in [0.717, 1.165) is 0 Å². The molecule has 1 amide bonds. The van der Waals surface area contributed by atoms with E-state index in [1.807, 2.05) is 0 Å². The van der Waals surface area contributed by atoms with Gasteiger partial charge in [0.1, 0.15) is 0 Å². The van der Waals surface area contributed by atoms with Gasteiger partial charge in [0.25, 0.3) is 5.91 Å². The third-order valence-corrected chi connectivity index (χ3v) is 6.63. The number of benzene rings is 1. The Labute approximate surface area is 149 Å². The van der Waals surface area contributed by atoms with E-state index >= 15 is 0 Å². The molecule has 1 aliphatic heterocycles. The first-order chi connectivity index (χ1) is 12.4. The maximum absolute atomic E-state index is 12.8. The first-order valence-electron chi connectivity index (χ1n) is 8.10. The van der Waals surface area contributed by atoms with Crippen molar-refractivity contribution in [2.75, 3.05) is 11.1 Å². The van der Waals surface area contributed by atoms with Crippen LogP contribution in [0.5, 0.6) is 0 Å². The molecule has 0 saturated carbocycles. The minimum atomic E-state index is -3.45. The molecule has 0 unspecified atom stereocenters. The number of carbonyl (C=O) groups is 1. The third-order valence-electron chi connectivity index (χ3n) is 4.69. The number of rotatable bonds is 2. The second kappa shape index (κ2) is 5.89. The van der Waals surface area contributed by atoms with Crippen molar-refractivity contribution in [1.29, 1.82) is 0 Å². The summed E-state index contributed by atoms with van der Waals surface area (Å²) in [5, 5.41) is 10.1. The highest BCUT2D eigenvalue weighted by Gasteiger charge is 2.32. The summed E-state index contributed by atoms with van der Waals surface area (Å²) in [5.74, 6) is -0.402. The summed E-state index contributed by atoms with van der Waals surface area (Å²) in [7, 11) is -3.45. The molecule has 2 aromatic heterocycles. The van der Waals surface area contributed by atoms with Gasteiger partial charge >= 0.3 is 0 Å². The lowest BCUT2D eigenvalue weighted by atomic mass is 9.98. The van der Waals surface area contributed by atoms with Gasteiger partial charge in [-0.3, -0.25) is 9.89 Å². The average Bonchev–Trinajstić information content (AvgIpc) is 3.08. The maximum atomic E-state index is 12.8. The zero-order valence-electron chi connectivity index (χ0n) is 14.0. The molecule has 134 valence electrons. The Balaban J connectivity index is 1.77. The van der Waals surface area contributed by atoms with Gasteiger partial charge in [-0.1, -0.05) is 6.07 Å². The van der Waals surface area contributed by atoms with Crippen molar-refractivity contribution in [2.45, 2.75) is 24.3 Å². The molecule has 0 fully saturated rings. The molecule has 9 heteroatoms. The van der Waals surface area contributed by atoms with E-state index in [9.17, 15) is 13.2 Å². The number of hydrogen-bond donors (Lipinski definition) is 3. The van der Waals surface area contributed by atoms with Crippen molar-refractivity contribution in [3.8, 4) is 0 Å². The van der Waals surface area contributed by atoms with E-state index in [-0.39, 0.29) is 16.7 Å². The summed E-state index contributed by atoms with van der Waals surface area (Å²) in [6, 6.07) is 4.59. The van der Waals surface area contributed by atoms with E-state index in [4.69, 9.17) is 5.73 Å². The van der Waals surface area contributed by atoms with Crippen LogP contribution in [0, 0.1) is 6.92 Å². The van der Waals surface area contributed by atoms with E-state index in [1.165, 1.54) is 0 Å². The van der Waals surface area contributed by atoms with Crippen LogP contribution in [0.3, 0.4) is 0 Å². The van der Waals surface area contributed by atoms with Crippen LogP contribution in [-0.4, -0.2) is 35.3 Å². The van der Waals surface area contributed by atoms with Crippen LogP contribution in [0.2, 0.25) is 0 Å². The van der Waals surface area contributed by atoms with Gasteiger partial charge in [-0.25, -0.2) is 13.4 Å². The Bertz CT molecular complexity index is 1140. The van der Waals surface area contributed by atoms with Crippen molar-refractivity contribution < 1.29 is 13.2 Å². The van der Waals surface area contributed by atoms with E-state index in [1.54, 1.807) is 37.5 Å². The highest BCUT2D eigenvalue weighted by molar-refractivity contribution is 7.91. The van der Waals surface area contributed by atoms with Crippen molar-refractivity contribution in [1.82, 2.24) is 15.2 Å². The third kappa shape index (κ3) is 2.56. The van der Waals surface area contributed by atoms with E-state index in [0.29, 0.717) is 39.8 Å². The Morgan fingerprint density at radius 3 is 2.96 bits per heavy atom. The van der Waals surface area contributed by atoms with Gasteiger partial charge in [-0.15, -0.1) is 0 Å². The van der Waals surface area contributed by atoms with E-state index < -0.39 is 15.7 Å². The van der Waals surface area contributed by atoms with Crippen LogP contribution in [0.1, 0.15) is 33.9 Å². The Hall–Kier alpha value is -2.78. The average molecular weight is 371 g/mol. The number of hydrogen-bond acceptors (Lipinski definition) is 6. The maximum Gasteiger partial charge on any atom is 0.255 e. The molecule has 4 N–H and O–H groups in total. The lowest BCUT2D eigenvalue weighted by molar-refractivity contribution is 0.102. The lowest BCUT2D eigenvalue weighted by Gasteiger charge is -2.25. The number of carbonyl (C=O) groups excluding carboxylic acids is 1. The quantitative estimate of drug-likeness (QED) is 0.628. The SMILES string of the molecule is Cc1c(C(=O)Nc2ccnc3[nH]ncc23)ccc2c1S(=O)(=O)CC[C@H]2N. The number of nitrogens with two attached hydrogens (primary N) is 1. The molecule has 0 radical (unpaired) electrons. The highest BCUT2D eigenvalue weighted by Crippen LogP contribution is 2.34. The number of nitrogens with one attached hydrogen (secondary N) is 2. The number of pyridine rings is 1. The van der Waals surface area contributed by atoms with Gasteiger partial charge in [0.15, 0.2) is 15.5 Å². The highest BCUT2D eigenvalue weighted by atomic mass is 32.2. The van der Waals surface area contributed by atoms with Crippen LogP contribution < -0.4 is 11.1 Å². The lowest BCUT2D eigenvalue weighted by Crippen LogP contribution is -2.27. The van der Waals surface area contributed by atoms with Crippen molar-refractivity contribution in [3.05, 3.63) is 47.3 Å². The minimum Gasteiger partial charge on any atom is -0.324 e. The first-order valence-corrected chi connectivity index (χ1v) is 9.75. The molecule has 4 rings (SSSR count). The summed E-state index contributed by atoms with van der Waals surface area (Å²) in [6.07, 6.45) is 3.51. The van der Waals surface area contributed by atoms with E-state index in [2.05, 4.69) is 20.5 Å². The molecule has 3 heterocycles. The smallest absolute Gasteiger partial charge is 0.255 e. The predicted octanol–water partition coefficient (Wildman–Crippen LogP) is 1.70. The number of nitrogens with zero attached hydrogens (tertiary/aromatic N) is 2. The summed E-state index contributed by atoms with van der Waals surface area (Å²) < 4.78 is 25.0. The summed E-state index contributed by atoms with van der Waals surface area (Å²) in [6.45, 7) is 1.64. The molecule has 0 aliphatic carbocycles. The summed E-state index contributed by atoms with van der Waals surface area (Å²) in [5.41, 5.74) is 8.45. The van der Waals surface area contributed by atoms with Crippen LogP contribution in [0.4, 0.5) is 5.69 Å². The van der Waals surface area contributed by atoms with Gasteiger partial charge in [0.05, 0.1) is 27.9 Å². The molecule has 0 spiro atoms. The number of fused-ring (bicyclic) bond motifs is 2. The van der Waals surface area contributed by atoms with Crippen LogP contribution in [-0.2, 0) is 9.84 Å². The van der Waals surface area contributed by atoms with Gasteiger partial charge in [0, 0.05) is 17.8 Å².